The molecule has 0 heterocycles. The minimum Gasteiger partial charge on any atom is -0.494 e. The maximum absolute atomic E-state index is 12.4. The van der Waals surface area contributed by atoms with E-state index in [9.17, 15) is 14.4 Å². The second-order valence-corrected chi connectivity index (χ2v) is 5.65. The van der Waals surface area contributed by atoms with Crippen molar-refractivity contribution in [2.45, 2.75) is 20.0 Å². The lowest BCUT2D eigenvalue weighted by atomic mass is 10.1. The van der Waals surface area contributed by atoms with E-state index < -0.39 is 18.0 Å². The van der Waals surface area contributed by atoms with Gasteiger partial charge in [0.05, 0.1) is 12.2 Å². The molecule has 0 aliphatic heterocycles. The Labute approximate surface area is 157 Å². The number of hydrogen-bond acceptors (Lipinski definition) is 6. The molecule has 2 aromatic carbocycles. The molecule has 0 saturated carbocycles. The number of benzene rings is 2. The molecule has 7 nitrogen and oxygen atoms in total. The van der Waals surface area contributed by atoms with Crippen LogP contribution in [0.2, 0.25) is 0 Å². The number of nitrogens with two attached hydrogens (primary N) is 1. The number of hydrogen-bond donors (Lipinski definition) is 1. The molecule has 2 rings (SSSR count). The van der Waals surface area contributed by atoms with Gasteiger partial charge in [-0.25, -0.2) is 4.79 Å². The first kappa shape index (κ1) is 20.0. The van der Waals surface area contributed by atoms with Gasteiger partial charge in [0, 0.05) is 5.56 Å². The molecule has 0 unspecified atom stereocenters. The maximum Gasteiger partial charge on any atom is 0.338 e. The molecule has 2 aromatic rings. The van der Waals surface area contributed by atoms with Crippen molar-refractivity contribution in [3.05, 3.63) is 59.7 Å². The number of carbonyl (C=O) groups excluding carboxylic acids is 3. The molecule has 0 saturated heterocycles. The van der Waals surface area contributed by atoms with Crippen LogP contribution in [0.15, 0.2) is 48.5 Å². The molecule has 1 atom stereocenters. The quantitative estimate of drug-likeness (QED) is 0.536. The van der Waals surface area contributed by atoms with Crippen LogP contribution in [0, 0.1) is 0 Å². The SMILES string of the molecule is CCOc1ccc(C(=O)[C@H](C)OC(=O)c2ccc(OCC(N)=O)cc2)cc1. The van der Waals surface area contributed by atoms with Gasteiger partial charge in [0.25, 0.3) is 5.91 Å². The maximum atomic E-state index is 12.4. The zero-order valence-corrected chi connectivity index (χ0v) is 15.1. The summed E-state index contributed by atoms with van der Waals surface area (Å²) in [4.78, 5) is 35.3. The topological polar surface area (TPSA) is 105 Å². The van der Waals surface area contributed by atoms with E-state index in [0.717, 1.165) is 0 Å². The number of primary amides is 1. The Balaban J connectivity index is 1.95. The predicted molar refractivity (Wildman–Crippen MR) is 98.0 cm³/mol. The number of esters is 1. The van der Waals surface area contributed by atoms with Gasteiger partial charge in [-0.2, -0.15) is 0 Å². The van der Waals surface area contributed by atoms with E-state index in [0.29, 0.717) is 23.7 Å². The van der Waals surface area contributed by atoms with Gasteiger partial charge >= 0.3 is 5.97 Å². The van der Waals surface area contributed by atoms with Gasteiger partial charge in [-0.05, 0) is 62.4 Å². The molecule has 142 valence electrons. The fraction of sp³-hybridized carbons (Fsp3) is 0.250. The molecule has 1 amide bonds. The Kier molecular flexibility index (Phi) is 6.93. The minimum atomic E-state index is -0.943. The molecular weight excluding hydrogens is 350 g/mol. The molecule has 27 heavy (non-hydrogen) atoms. The van der Waals surface area contributed by atoms with Gasteiger partial charge in [0.1, 0.15) is 11.5 Å². The average molecular weight is 371 g/mol. The zero-order chi connectivity index (χ0) is 19.8. The van der Waals surface area contributed by atoms with Crippen molar-refractivity contribution in [3.8, 4) is 11.5 Å². The van der Waals surface area contributed by atoms with Gasteiger partial charge in [-0.15, -0.1) is 0 Å². The number of ketones is 1. The van der Waals surface area contributed by atoms with Gasteiger partial charge in [0.15, 0.2) is 12.7 Å². The lowest BCUT2D eigenvalue weighted by molar-refractivity contribution is -0.119. The van der Waals surface area contributed by atoms with Gasteiger partial charge in [-0.1, -0.05) is 0 Å². The number of Topliss-reactive ketones (excluding diaryl/α,β-unsaturated/α-hetero) is 1. The summed E-state index contributed by atoms with van der Waals surface area (Å²) in [5, 5.41) is 0. The van der Waals surface area contributed by atoms with E-state index in [-0.39, 0.29) is 18.0 Å². The molecule has 0 aliphatic carbocycles. The molecule has 0 radical (unpaired) electrons. The normalized spacial score (nSPS) is 11.3. The Hall–Kier alpha value is -3.35. The molecule has 0 aliphatic rings. The monoisotopic (exact) mass is 371 g/mol. The van der Waals surface area contributed by atoms with E-state index in [1.54, 1.807) is 24.3 Å². The van der Waals surface area contributed by atoms with Crippen LogP contribution in [0.1, 0.15) is 34.6 Å². The second-order valence-electron chi connectivity index (χ2n) is 5.65. The molecule has 2 N–H and O–H groups in total. The predicted octanol–water partition coefficient (Wildman–Crippen LogP) is 2.38. The van der Waals surface area contributed by atoms with E-state index in [1.807, 2.05) is 6.92 Å². The van der Waals surface area contributed by atoms with Crippen molar-refractivity contribution >= 4 is 17.7 Å². The number of ether oxygens (including phenoxy) is 3. The highest BCUT2D eigenvalue weighted by molar-refractivity contribution is 6.01. The fourth-order valence-corrected chi connectivity index (χ4v) is 2.24. The Morgan fingerprint density at radius 1 is 0.889 bits per heavy atom. The summed E-state index contributed by atoms with van der Waals surface area (Å²) in [5.74, 6) is -0.489. The summed E-state index contributed by atoms with van der Waals surface area (Å²) in [5.41, 5.74) is 5.68. The minimum absolute atomic E-state index is 0.253. The first-order chi connectivity index (χ1) is 12.9. The van der Waals surface area contributed by atoms with E-state index in [2.05, 4.69) is 0 Å². The van der Waals surface area contributed by atoms with Gasteiger partial charge in [-0.3, -0.25) is 9.59 Å². The highest BCUT2D eigenvalue weighted by Gasteiger charge is 2.20. The standard InChI is InChI=1S/C20H21NO6/c1-3-25-16-8-4-14(5-9-16)19(23)13(2)27-20(24)15-6-10-17(11-7-15)26-12-18(21)22/h4-11,13H,3,12H2,1-2H3,(H2,21,22)/t13-/m0/s1. The van der Waals surface area contributed by atoms with Crippen LogP contribution < -0.4 is 15.2 Å². The van der Waals surface area contributed by atoms with Crippen molar-refractivity contribution in [3.63, 3.8) is 0 Å². The first-order valence-electron chi connectivity index (χ1n) is 8.40. The average Bonchev–Trinajstić information content (AvgIpc) is 2.67. The summed E-state index contributed by atoms with van der Waals surface area (Å²) in [6.45, 7) is 3.67. The number of carbonyl (C=O) groups is 3. The van der Waals surface area contributed by atoms with Crippen LogP contribution in [0.3, 0.4) is 0 Å². The lowest BCUT2D eigenvalue weighted by Gasteiger charge is -2.13. The highest BCUT2D eigenvalue weighted by Crippen LogP contribution is 2.16. The van der Waals surface area contributed by atoms with Crippen molar-refractivity contribution in [2.75, 3.05) is 13.2 Å². The van der Waals surface area contributed by atoms with Crippen LogP contribution in [0.5, 0.6) is 11.5 Å². The molecule has 0 aromatic heterocycles. The fourth-order valence-electron chi connectivity index (χ4n) is 2.24. The molecule has 7 heteroatoms. The van der Waals surface area contributed by atoms with E-state index in [1.165, 1.54) is 31.2 Å². The zero-order valence-electron chi connectivity index (χ0n) is 15.1. The summed E-state index contributed by atoms with van der Waals surface area (Å²) in [6, 6.07) is 12.6. The second kappa shape index (κ2) is 9.38. The molecule has 0 spiro atoms. The van der Waals surface area contributed by atoms with E-state index in [4.69, 9.17) is 19.9 Å². The third-order valence-corrected chi connectivity index (χ3v) is 3.57. The van der Waals surface area contributed by atoms with Crippen molar-refractivity contribution < 1.29 is 28.6 Å². The van der Waals surface area contributed by atoms with Crippen molar-refractivity contribution in [1.29, 1.82) is 0 Å². The Morgan fingerprint density at radius 2 is 1.41 bits per heavy atom. The largest absolute Gasteiger partial charge is 0.494 e. The Morgan fingerprint density at radius 3 is 1.93 bits per heavy atom. The highest BCUT2D eigenvalue weighted by atomic mass is 16.5. The smallest absolute Gasteiger partial charge is 0.338 e. The number of amides is 1. The van der Waals surface area contributed by atoms with Crippen LogP contribution >= 0.6 is 0 Å². The summed E-state index contributed by atoms with van der Waals surface area (Å²) in [6.07, 6.45) is -0.943. The van der Waals surface area contributed by atoms with Crippen LogP contribution in [-0.4, -0.2) is 37.0 Å². The summed E-state index contributed by atoms with van der Waals surface area (Å²) >= 11 is 0. The third-order valence-electron chi connectivity index (χ3n) is 3.57. The molecule has 0 fully saturated rings. The Bertz CT molecular complexity index is 798. The van der Waals surface area contributed by atoms with Gasteiger partial charge < -0.3 is 19.9 Å². The van der Waals surface area contributed by atoms with Crippen molar-refractivity contribution in [1.82, 2.24) is 0 Å². The summed E-state index contributed by atoms with van der Waals surface area (Å²) < 4.78 is 15.7. The van der Waals surface area contributed by atoms with Crippen LogP contribution in [0.4, 0.5) is 0 Å². The van der Waals surface area contributed by atoms with Gasteiger partial charge in [0.2, 0.25) is 5.78 Å². The van der Waals surface area contributed by atoms with Crippen molar-refractivity contribution in [2.24, 2.45) is 5.73 Å². The van der Waals surface area contributed by atoms with Crippen LogP contribution in [0.25, 0.3) is 0 Å². The number of rotatable bonds is 9. The van der Waals surface area contributed by atoms with E-state index >= 15 is 0 Å². The van der Waals surface area contributed by atoms with Crippen LogP contribution in [-0.2, 0) is 9.53 Å². The third kappa shape index (κ3) is 5.85. The first-order valence-corrected chi connectivity index (χ1v) is 8.40. The lowest BCUT2D eigenvalue weighted by Crippen LogP contribution is -2.24. The molecule has 0 bridgehead atoms. The molecular formula is C20H21NO6. The summed E-state index contributed by atoms with van der Waals surface area (Å²) in [7, 11) is 0.